The first-order chi connectivity index (χ1) is 10.5. The second kappa shape index (κ2) is 6.19. The third-order valence-corrected chi connectivity index (χ3v) is 5.73. The van der Waals surface area contributed by atoms with E-state index in [1.165, 1.54) is 56.7 Å². The quantitative estimate of drug-likeness (QED) is 0.845. The van der Waals surface area contributed by atoms with E-state index in [4.69, 9.17) is 4.98 Å². The summed E-state index contributed by atoms with van der Waals surface area (Å²) in [5.74, 6) is 2.03. The molecule has 1 unspecified atom stereocenters. The zero-order chi connectivity index (χ0) is 15.7. The Hall–Kier alpha value is -1.09. The van der Waals surface area contributed by atoms with E-state index in [2.05, 4.69) is 49.8 Å². The molecule has 0 aromatic carbocycles. The molecule has 0 N–H and O–H groups in total. The van der Waals surface area contributed by atoms with Crippen LogP contribution in [0.5, 0.6) is 0 Å². The van der Waals surface area contributed by atoms with E-state index in [1.54, 1.807) is 0 Å². The average molecular weight is 301 g/mol. The van der Waals surface area contributed by atoms with E-state index < -0.39 is 0 Å². The van der Waals surface area contributed by atoms with Gasteiger partial charge in [0.25, 0.3) is 0 Å². The minimum absolute atomic E-state index is 0.248. The number of piperidine rings is 1. The molecule has 122 valence electrons. The lowest BCUT2D eigenvalue weighted by Crippen LogP contribution is -2.44. The van der Waals surface area contributed by atoms with E-state index in [-0.39, 0.29) is 5.41 Å². The van der Waals surface area contributed by atoms with Crippen LogP contribution in [-0.2, 0) is 5.41 Å². The number of rotatable bonds is 4. The molecule has 1 aromatic rings. The summed E-state index contributed by atoms with van der Waals surface area (Å²) in [6.45, 7) is 10.6. The molecule has 2 aliphatic heterocycles. The second-order valence-electron chi connectivity index (χ2n) is 7.90. The van der Waals surface area contributed by atoms with Gasteiger partial charge in [-0.05, 0) is 61.9 Å². The van der Waals surface area contributed by atoms with Crippen molar-refractivity contribution < 1.29 is 0 Å². The highest BCUT2D eigenvalue weighted by Crippen LogP contribution is 2.36. The third-order valence-electron chi connectivity index (χ3n) is 5.73. The van der Waals surface area contributed by atoms with Crippen LogP contribution in [0, 0.1) is 5.92 Å². The van der Waals surface area contributed by atoms with Gasteiger partial charge in [-0.1, -0.05) is 27.2 Å². The van der Waals surface area contributed by atoms with E-state index in [9.17, 15) is 0 Å². The Morgan fingerprint density at radius 1 is 1.27 bits per heavy atom. The highest BCUT2D eigenvalue weighted by molar-refractivity contribution is 5.45. The highest BCUT2D eigenvalue weighted by atomic mass is 15.3. The fourth-order valence-electron chi connectivity index (χ4n) is 4.42. The molecule has 3 rings (SSSR count). The minimum Gasteiger partial charge on any atom is -0.353 e. The standard InChI is InChI=1S/C19H31N3/c1-5-9-19(2,3)16-6-10-20-18(13-16)22-12-7-15-14-21(4)11-8-17(15)22/h6,10,13,15,17H,5,7-9,11-12,14H2,1-4H3/t15-,17?/m1/s1. The summed E-state index contributed by atoms with van der Waals surface area (Å²) in [5.41, 5.74) is 1.69. The zero-order valence-corrected chi connectivity index (χ0v) is 14.7. The number of pyridine rings is 1. The van der Waals surface area contributed by atoms with Crippen molar-refractivity contribution in [2.24, 2.45) is 5.92 Å². The molecular weight excluding hydrogens is 270 g/mol. The molecule has 0 amide bonds. The van der Waals surface area contributed by atoms with E-state index >= 15 is 0 Å². The Labute approximate surface area is 135 Å². The Morgan fingerprint density at radius 2 is 2.09 bits per heavy atom. The molecule has 2 atom stereocenters. The van der Waals surface area contributed by atoms with Gasteiger partial charge in [0.15, 0.2) is 0 Å². The summed E-state index contributed by atoms with van der Waals surface area (Å²) in [5, 5.41) is 0. The maximum absolute atomic E-state index is 4.72. The molecule has 0 saturated carbocycles. The number of likely N-dealkylation sites (tertiary alicyclic amines) is 1. The minimum atomic E-state index is 0.248. The first kappa shape index (κ1) is 15.8. The number of aromatic nitrogens is 1. The van der Waals surface area contributed by atoms with Crippen LogP contribution in [0.15, 0.2) is 18.3 Å². The van der Waals surface area contributed by atoms with Crippen LogP contribution in [0.3, 0.4) is 0 Å². The number of fused-ring (bicyclic) bond motifs is 1. The van der Waals surface area contributed by atoms with Crippen LogP contribution in [0.4, 0.5) is 5.82 Å². The number of nitrogens with zero attached hydrogens (tertiary/aromatic N) is 3. The predicted octanol–water partition coefficient (Wildman–Crippen LogP) is 3.69. The fourth-order valence-corrected chi connectivity index (χ4v) is 4.42. The topological polar surface area (TPSA) is 19.4 Å². The molecule has 2 saturated heterocycles. The van der Waals surface area contributed by atoms with Crippen molar-refractivity contribution in [3.05, 3.63) is 23.9 Å². The van der Waals surface area contributed by atoms with Crippen molar-refractivity contribution in [1.29, 1.82) is 0 Å². The summed E-state index contributed by atoms with van der Waals surface area (Å²) >= 11 is 0. The van der Waals surface area contributed by atoms with Crippen molar-refractivity contribution in [2.45, 2.75) is 57.9 Å². The fraction of sp³-hybridized carbons (Fsp3) is 0.737. The molecule has 3 heterocycles. The normalized spacial score (nSPS) is 26.3. The number of hydrogen-bond acceptors (Lipinski definition) is 3. The monoisotopic (exact) mass is 301 g/mol. The number of hydrogen-bond donors (Lipinski definition) is 0. The Morgan fingerprint density at radius 3 is 2.86 bits per heavy atom. The second-order valence-corrected chi connectivity index (χ2v) is 7.90. The van der Waals surface area contributed by atoms with Crippen molar-refractivity contribution in [2.75, 3.05) is 31.6 Å². The summed E-state index contributed by atoms with van der Waals surface area (Å²) in [6.07, 6.45) is 7.08. The summed E-state index contributed by atoms with van der Waals surface area (Å²) < 4.78 is 0. The van der Waals surface area contributed by atoms with Crippen LogP contribution in [-0.4, -0.2) is 42.6 Å². The van der Waals surface area contributed by atoms with Gasteiger partial charge in [-0.25, -0.2) is 4.98 Å². The lowest BCUT2D eigenvalue weighted by atomic mass is 9.81. The van der Waals surface area contributed by atoms with Gasteiger partial charge in [-0.3, -0.25) is 0 Å². The predicted molar refractivity (Wildman–Crippen MR) is 93.5 cm³/mol. The van der Waals surface area contributed by atoms with Crippen molar-refractivity contribution in [3.63, 3.8) is 0 Å². The van der Waals surface area contributed by atoms with E-state index in [0.29, 0.717) is 6.04 Å². The van der Waals surface area contributed by atoms with Gasteiger partial charge in [0.2, 0.25) is 0 Å². The average Bonchev–Trinajstić information content (AvgIpc) is 2.90. The molecule has 1 aromatic heterocycles. The van der Waals surface area contributed by atoms with Crippen LogP contribution in [0.25, 0.3) is 0 Å². The summed E-state index contributed by atoms with van der Waals surface area (Å²) in [7, 11) is 2.25. The lowest BCUT2D eigenvalue weighted by molar-refractivity contribution is 0.202. The van der Waals surface area contributed by atoms with E-state index in [1.807, 2.05) is 6.20 Å². The molecule has 0 radical (unpaired) electrons. The maximum Gasteiger partial charge on any atom is 0.129 e. The van der Waals surface area contributed by atoms with Crippen LogP contribution in [0.1, 0.15) is 52.0 Å². The van der Waals surface area contributed by atoms with Gasteiger partial charge in [-0.2, -0.15) is 0 Å². The van der Waals surface area contributed by atoms with Crippen LogP contribution in [0.2, 0.25) is 0 Å². The molecule has 2 aliphatic rings. The van der Waals surface area contributed by atoms with Crippen LogP contribution < -0.4 is 4.90 Å². The Kier molecular flexibility index (Phi) is 4.44. The number of anilines is 1. The first-order valence-electron chi connectivity index (χ1n) is 8.93. The zero-order valence-electron chi connectivity index (χ0n) is 14.7. The highest BCUT2D eigenvalue weighted by Gasteiger charge is 2.38. The molecule has 3 nitrogen and oxygen atoms in total. The molecule has 0 spiro atoms. The lowest BCUT2D eigenvalue weighted by Gasteiger charge is -2.37. The van der Waals surface area contributed by atoms with E-state index in [0.717, 1.165) is 5.92 Å². The Bertz CT molecular complexity index is 511. The molecule has 2 fully saturated rings. The summed E-state index contributed by atoms with van der Waals surface area (Å²) in [4.78, 5) is 9.79. The maximum atomic E-state index is 4.72. The Balaban J connectivity index is 1.81. The molecule has 0 aliphatic carbocycles. The van der Waals surface area contributed by atoms with Crippen LogP contribution >= 0.6 is 0 Å². The van der Waals surface area contributed by atoms with Crippen molar-refractivity contribution >= 4 is 5.82 Å². The first-order valence-corrected chi connectivity index (χ1v) is 8.93. The SMILES string of the molecule is CCCC(C)(C)c1ccnc(N2CC[C@@H]3CN(C)CCC32)c1. The smallest absolute Gasteiger partial charge is 0.129 e. The van der Waals surface area contributed by atoms with Crippen molar-refractivity contribution in [3.8, 4) is 0 Å². The largest absolute Gasteiger partial charge is 0.353 e. The molecule has 0 bridgehead atoms. The molecular formula is C19H31N3. The summed E-state index contributed by atoms with van der Waals surface area (Å²) in [6, 6.07) is 5.27. The third kappa shape index (κ3) is 3.01. The molecule has 22 heavy (non-hydrogen) atoms. The van der Waals surface area contributed by atoms with Gasteiger partial charge >= 0.3 is 0 Å². The van der Waals surface area contributed by atoms with Gasteiger partial charge < -0.3 is 9.80 Å². The van der Waals surface area contributed by atoms with Gasteiger partial charge in [0.05, 0.1) is 0 Å². The van der Waals surface area contributed by atoms with Gasteiger partial charge in [-0.15, -0.1) is 0 Å². The van der Waals surface area contributed by atoms with Gasteiger partial charge in [0.1, 0.15) is 5.82 Å². The van der Waals surface area contributed by atoms with Gasteiger partial charge in [0, 0.05) is 25.3 Å². The van der Waals surface area contributed by atoms with Crippen molar-refractivity contribution in [1.82, 2.24) is 9.88 Å². The molecule has 3 heteroatoms.